The molecule has 9 heteroatoms. The summed E-state index contributed by atoms with van der Waals surface area (Å²) in [5.74, 6) is -0.713. The number of esters is 1. The summed E-state index contributed by atoms with van der Waals surface area (Å²) in [5, 5.41) is 10.9. The Morgan fingerprint density at radius 1 is 1.63 bits per heavy atom. The molecular formula is C10H9F2IN2O4. The predicted molar refractivity (Wildman–Crippen MR) is 68.9 cm³/mol. The Labute approximate surface area is 120 Å². The fourth-order valence-corrected chi connectivity index (χ4v) is 2.01. The van der Waals surface area contributed by atoms with E-state index >= 15 is 0 Å². The van der Waals surface area contributed by atoms with Crippen molar-refractivity contribution >= 4 is 34.2 Å². The SMILES string of the molecule is CCOC(=O)Cc1c(I)cnc(C(F)F)c1[N+](=O)[O-]. The van der Waals surface area contributed by atoms with Crippen molar-refractivity contribution < 1.29 is 23.2 Å². The van der Waals surface area contributed by atoms with Crippen LogP contribution in [0.3, 0.4) is 0 Å². The van der Waals surface area contributed by atoms with Crippen LogP contribution in [0.1, 0.15) is 24.6 Å². The maximum Gasteiger partial charge on any atom is 0.310 e. The Morgan fingerprint density at radius 3 is 2.74 bits per heavy atom. The van der Waals surface area contributed by atoms with Gasteiger partial charge in [-0.05, 0) is 29.5 Å². The molecule has 1 heterocycles. The molecule has 0 saturated carbocycles. The van der Waals surface area contributed by atoms with Gasteiger partial charge >= 0.3 is 11.7 Å². The summed E-state index contributed by atoms with van der Waals surface area (Å²) in [6.45, 7) is 1.68. The van der Waals surface area contributed by atoms with Gasteiger partial charge < -0.3 is 4.74 Å². The van der Waals surface area contributed by atoms with Crippen molar-refractivity contribution in [2.24, 2.45) is 0 Å². The first-order chi connectivity index (χ1) is 8.88. The normalized spacial score (nSPS) is 10.6. The van der Waals surface area contributed by atoms with E-state index in [0.29, 0.717) is 0 Å². The van der Waals surface area contributed by atoms with E-state index in [1.165, 1.54) is 0 Å². The molecule has 0 saturated heterocycles. The van der Waals surface area contributed by atoms with Gasteiger partial charge in [0.1, 0.15) is 0 Å². The summed E-state index contributed by atoms with van der Waals surface area (Å²) < 4.78 is 30.3. The third kappa shape index (κ3) is 3.78. The van der Waals surface area contributed by atoms with Gasteiger partial charge in [0.05, 0.1) is 23.5 Å². The van der Waals surface area contributed by atoms with E-state index in [-0.39, 0.29) is 15.7 Å². The molecule has 0 unspecified atom stereocenters. The number of hydrogen-bond donors (Lipinski definition) is 0. The molecule has 0 N–H and O–H groups in total. The summed E-state index contributed by atoms with van der Waals surface area (Å²) in [6.07, 6.45) is -2.45. The fourth-order valence-electron chi connectivity index (χ4n) is 1.42. The largest absolute Gasteiger partial charge is 0.466 e. The minimum absolute atomic E-state index is 0.102. The highest BCUT2D eigenvalue weighted by molar-refractivity contribution is 14.1. The van der Waals surface area contributed by atoms with Crippen molar-refractivity contribution in [3.05, 3.63) is 31.1 Å². The number of pyridine rings is 1. The van der Waals surface area contributed by atoms with Crippen molar-refractivity contribution in [3.8, 4) is 0 Å². The molecule has 1 rings (SSSR count). The predicted octanol–water partition coefficient (Wildman–Crippen LogP) is 2.64. The van der Waals surface area contributed by atoms with E-state index in [1.54, 1.807) is 29.5 Å². The Morgan fingerprint density at radius 2 is 2.26 bits per heavy atom. The van der Waals surface area contributed by atoms with Crippen molar-refractivity contribution in [2.75, 3.05) is 6.61 Å². The van der Waals surface area contributed by atoms with Crippen molar-refractivity contribution in [2.45, 2.75) is 19.8 Å². The maximum absolute atomic E-state index is 12.7. The van der Waals surface area contributed by atoms with E-state index in [2.05, 4.69) is 9.72 Å². The molecule has 0 spiro atoms. The third-order valence-corrected chi connectivity index (χ3v) is 3.08. The van der Waals surface area contributed by atoms with Gasteiger partial charge in [-0.3, -0.25) is 14.9 Å². The van der Waals surface area contributed by atoms with Gasteiger partial charge in [0.2, 0.25) is 0 Å². The van der Waals surface area contributed by atoms with Gasteiger partial charge in [-0.1, -0.05) is 0 Å². The number of halogens is 3. The monoisotopic (exact) mass is 386 g/mol. The molecule has 0 aliphatic carbocycles. The average molecular weight is 386 g/mol. The van der Waals surface area contributed by atoms with Gasteiger partial charge in [0.25, 0.3) is 6.43 Å². The molecule has 104 valence electrons. The summed E-state index contributed by atoms with van der Waals surface area (Å²) in [4.78, 5) is 24.7. The van der Waals surface area contributed by atoms with Crippen LogP contribution in [0.25, 0.3) is 0 Å². The number of rotatable bonds is 5. The molecule has 0 radical (unpaired) electrons. The van der Waals surface area contributed by atoms with Crippen LogP contribution in [-0.2, 0) is 16.0 Å². The zero-order valence-corrected chi connectivity index (χ0v) is 11.9. The Hall–Kier alpha value is -1.39. The highest BCUT2D eigenvalue weighted by Crippen LogP contribution is 2.33. The lowest BCUT2D eigenvalue weighted by Crippen LogP contribution is -2.13. The van der Waals surface area contributed by atoms with E-state index in [4.69, 9.17) is 0 Å². The van der Waals surface area contributed by atoms with Crippen LogP contribution >= 0.6 is 22.6 Å². The smallest absolute Gasteiger partial charge is 0.310 e. The standard InChI is InChI=1S/C10H9F2IN2O4/c1-2-19-7(16)3-5-6(13)4-14-8(10(11)12)9(5)15(17)18/h4,10H,2-3H2,1H3. The quantitative estimate of drug-likeness (QED) is 0.336. The van der Waals surface area contributed by atoms with Crippen LogP contribution in [0.15, 0.2) is 6.20 Å². The lowest BCUT2D eigenvalue weighted by atomic mass is 10.1. The minimum Gasteiger partial charge on any atom is -0.466 e. The van der Waals surface area contributed by atoms with Crippen LogP contribution < -0.4 is 0 Å². The lowest BCUT2D eigenvalue weighted by molar-refractivity contribution is -0.387. The van der Waals surface area contributed by atoms with Crippen molar-refractivity contribution in [3.63, 3.8) is 0 Å². The first kappa shape index (κ1) is 15.7. The Bertz CT molecular complexity index is 511. The molecule has 6 nitrogen and oxygen atoms in total. The second-order valence-electron chi connectivity index (χ2n) is 3.36. The van der Waals surface area contributed by atoms with E-state index in [9.17, 15) is 23.7 Å². The van der Waals surface area contributed by atoms with Crippen LogP contribution in [0.2, 0.25) is 0 Å². The first-order valence-electron chi connectivity index (χ1n) is 5.13. The maximum atomic E-state index is 12.7. The van der Waals surface area contributed by atoms with Gasteiger partial charge in [0, 0.05) is 9.77 Å². The summed E-state index contributed by atoms with van der Waals surface area (Å²) >= 11 is 1.70. The topological polar surface area (TPSA) is 82.3 Å². The molecular weight excluding hydrogens is 377 g/mol. The summed E-state index contributed by atoms with van der Waals surface area (Å²) in [6, 6.07) is 0. The van der Waals surface area contributed by atoms with Crippen LogP contribution in [0.5, 0.6) is 0 Å². The number of ether oxygens (including phenoxy) is 1. The second kappa shape index (κ2) is 6.68. The number of carbonyl (C=O) groups is 1. The van der Waals surface area contributed by atoms with Gasteiger partial charge in [0.15, 0.2) is 5.69 Å². The summed E-state index contributed by atoms with van der Waals surface area (Å²) in [5.41, 5.74) is -1.87. The number of aromatic nitrogens is 1. The molecule has 0 aliphatic rings. The molecule has 19 heavy (non-hydrogen) atoms. The zero-order valence-electron chi connectivity index (χ0n) is 9.73. The highest BCUT2D eigenvalue weighted by Gasteiger charge is 2.30. The number of nitrogens with zero attached hydrogens (tertiary/aromatic N) is 2. The number of alkyl halides is 2. The Kier molecular flexibility index (Phi) is 5.51. The molecule has 0 aromatic carbocycles. The summed E-state index contributed by atoms with van der Waals surface area (Å²) in [7, 11) is 0. The zero-order chi connectivity index (χ0) is 14.6. The number of carbonyl (C=O) groups excluding carboxylic acids is 1. The number of nitro groups is 1. The van der Waals surface area contributed by atoms with E-state index in [1.807, 2.05) is 0 Å². The number of hydrogen-bond acceptors (Lipinski definition) is 5. The molecule has 0 atom stereocenters. The minimum atomic E-state index is -3.08. The highest BCUT2D eigenvalue weighted by atomic mass is 127. The first-order valence-corrected chi connectivity index (χ1v) is 6.21. The van der Waals surface area contributed by atoms with Crippen LogP contribution in [0, 0.1) is 13.7 Å². The third-order valence-electron chi connectivity index (χ3n) is 2.15. The van der Waals surface area contributed by atoms with Gasteiger partial charge in [-0.25, -0.2) is 13.8 Å². The molecule has 1 aromatic heterocycles. The second-order valence-corrected chi connectivity index (χ2v) is 4.52. The van der Waals surface area contributed by atoms with Crippen LogP contribution in [-0.4, -0.2) is 22.5 Å². The Balaban J connectivity index is 3.31. The molecule has 0 aliphatic heterocycles. The fraction of sp³-hybridized carbons (Fsp3) is 0.400. The van der Waals surface area contributed by atoms with Crippen molar-refractivity contribution in [1.29, 1.82) is 0 Å². The van der Waals surface area contributed by atoms with Gasteiger partial charge in [-0.2, -0.15) is 0 Å². The van der Waals surface area contributed by atoms with Crippen LogP contribution in [0.4, 0.5) is 14.5 Å². The molecule has 0 fully saturated rings. The van der Waals surface area contributed by atoms with E-state index in [0.717, 1.165) is 6.20 Å². The van der Waals surface area contributed by atoms with Gasteiger partial charge in [-0.15, -0.1) is 0 Å². The molecule has 0 bridgehead atoms. The lowest BCUT2D eigenvalue weighted by Gasteiger charge is -2.08. The van der Waals surface area contributed by atoms with E-state index < -0.39 is 35.1 Å². The molecule has 1 aromatic rings. The molecule has 0 amide bonds. The average Bonchev–Trinajstić information content (AvgIpc) is 2.31. The van der Waals surface area contributed by atoms with Crippen molar-refractivity contribution in [1.82, 2.24) is 4.98 Å².